The minimum atomic E-state index is -0.242. The number of allylic oxidation sites excluding steroid dienone is 2. The quantitative estimate of drug-likeness (QED) is 0.604. The van der Waals surface area contributed by atoms with Crippen molar-refractivity contribution < 1.29 is 9.59 Å². The van der Waals surface area contributed by atoms with Gasteiger partial charge in [0.2, 0.25) is 11.8 Å². The number of para-hydroxylation sites is 1. The van der Waals surface area contributed by atoms with Crippen LogP contribution in [0, 0.1) is 11.8 Å². The van der Waals surface area contributed by atoms with Crippen LogP contribution >= 0.6 is 0 Å². The molecule has 0 N–H and O–H groups in total. The van der Waals surface area contributed by atoms with Crippen molar-refractivity contribution in [2.45, 2.75) is 20.3 Å². The second kappa shape index (κ2) is 5.17. The van der Waals surface area contributed by atoms with Crippen molar-refractivity contribution >= 4 is 17.5 Å². The van der Waals surface area contributed by atoms with Gasteiger partial charge >= 0.3 is 0 Å². The van der Waals surface area contributed by atoms with Gasteiger partial charge in [0, 0.05) is 5.92 Å². The number of hydrogen-bond acceptors (Lipinski definition) is 2. The van der Waals surface area contributed by atoms with Crippen LogP contribution in [0.1, 0.15) is 20.3 Å². The summed E-state index contributed by atoms with van der Waals surface area (Å²) >= 11 is 0. The molecule has 1 aromatic rings. The second-order valence-corrected chi connectivity index (χ2v) is 4.55. The van der Waals surface area contributed by atoms with E-state index in [0.29, 0.717) is 12.1 Å². The number of carbonyl (C=O) groups excluding carboxylic acids is 2. The standard InChI is InChI=1S/C15H17NO2/c1-3-4-10-13-11(2)14(17)16(15(13)18)12-8-6-5-7-9-12/h3-9,11,13H,10H2,1-2H3/b4-3-. The molecule has 1 saturated heterocycles. The lowest BCUT2D eigenvalue weighted by atomic mass is 9.93. The Morgan fingerprint density at radius 1 is 1.17 bits per heavy atom. The summed E-state index contributed by atoms with van der Waals surface area (Å²) in [5.41, 5.74) is 0.669. The molecule has 0 bridgehead atoms. The van der Waals surface area contributed by atoms with Crippen molar-refractivity contribution in [2.24, 2.45) is 11.8 Å². The molecule has 2 atom stereocenters. The number of amides is 2. The molecule has 0 saturated carbocycles. The molecule has 3 heteroatoms. The highest BCUT2D eigenvalue weighted by atomic mass is 16.2. The average Bonchev–Trinajstić information content (AvgIpc) is 2.60. The van der Waals surface area contributed by atoms with Gasteiger partial charge < -0.3 is 0 Å². The molecule has 0 radical (unpaired) electrons. The summed E-state index contributed by atoms with van der Waals surface area (Å²) < 4.78 is 0. The monoisotopic (exact) mass is 243 g/mol. The molecule has 0 aliphatic carbocycles. The molecule has 2 rings (SSSR count). The van der Waals surface area contributed by atoms with Crippen molar-refractivity contribution in [1.82, 2.24) is 0 Å². The van der Waals surface area contributed by atoms with Gasteiger partial charge in [0.1, 0.15) is 0 Å². The van der Waals surface area contributed by atoms with E-state index in [-0.39, 0.29) is 23.7 Å². The van der Waals surface area contributed by atoms with Crippen molar-refractivity contribution in [3.05, 3.63) is 42.5 Å². The summed E-state index contributed by atoms with van der Waals surface area (Å²) in [6, 6.07) is 9.12. The van der Waals surface area contributed by atoms with E-state index in [1.807, 2.05) is 44.2 Å². The molecule has 1 aromatic carbocycles. The Balaban J connectivity index is 2.29. The maximum absolute atomic E-state index is 12.3. The molecular formula is C15H17NO2. The zero-order chi connectivity index (χ0) is 13.1. The summed E-state index contributed by atoms with van der Waals surface area (Å²) in [5.74, 6) is -0.652. The summed E-state index contributed by atoms with van der Waals surface area (Å²) in [5, 5.41) is 0. The maximum Gasteiger partial charge on any atom is 0.237 e. The van der Waals surface area contributed by atoms with Crippen LogP contribution in [-0.2, 0) is 9.59 Å². The molecule has 1 fully saturated rings. The van der Waals surface area contributed by atoms with E-state index < -0.39 is 0 Å². The van der Waals surface area contributed by atoms with E-state index in [0.717, 1.165) is 0 Å². The zero-order valence-corrected chi connectivity index (χ0v) is 10.7. The van der Waals surface area contributed by atoms with Crippen molar-refractivity contribution in [2.75, 3.05) is 4.90 Å². The van der Waals surface area contributed by atoms with E-state index >= 15 is 0 Å². The smallest absolute Gasteiger partial charge is 0.237 e. The van der Waals surface area contributed by atoms with E-state index in [1.165, 1.54) is 4.90 Å². The first-order valence-electron chi connectivity index (χ1n) is 6.20. The van der Waals surface area contributed by atoms with Gasteiger partial charge in [0.25, 0.3) is 0 Å². The molecule has 2 unspecified atom stereocenters. The molecular weight excluding hydrogens is 226 g/mol. The van der Waals surface area contributed by atoms with E-state index in [9.17, 15) is 9.59 Å². The fourth-order valence-electron chi connectivity index (χ4n) is 2.28. The Morgan fingerprint density at radius 2 is 1.83 bits per heavy atom. The second-order valence-electron chi connectivity index (χ2n) is 4.55. The highest BCUT2D eigenvalue weighted by molar-refractivity contribution is 6.21. The Bertz CT molecular complexity index is 479. The Labute approximate surface area is 107 Å². The topological polar surface area (TPSA) is 37.4 Å². The largest absolute Gasteiger partial charge is 0.274 e. The normalized spacial score (nSPS) is 24.2. The summed E-state index contributed by atoms with van der Waals surface area (Å²) in [4.78, 5) is 25.8. The van der Waals surface area contributed by atoms with Gasteiger partial charge in [0.15, 0.2) is 0 Å². The van der Waals surface area contributed by atoms with Crippen LogP contribution in [0.4, 0.5) is 5.69 Å². The summed E-state index contributed by atoms with van der Waals surface area (Å²) in [6.07, 6.45) is 4.49. The van der Waals surface area contributed by atoms with Crippen molar-refractivity contribution in [3.8, 4) is 0 Å². The number of nitrogens with zero attached hydrogens (tertiary/aromatic N) is 1. The van der Waals surface area contributed by atoms with Crippen LogP contribution in [0.25, 0.3) is 0 Å². The average molecular weight is 243 g/mol. The van der Waals surface area contributed by atoms with Crippen LogP contribution < -0.4 is 4.90 Å². The van der Waals surface area contributed by atoms with Gasteiger partial charge in [-0.1, -0.05) is 37.3 Å². The molecule has 0 aromatic heterocycles. The van der Waals surface area contributed by atoms with Gasteiger partial charge in [-0.25, -0.2) is 0 Å². The van der Waals surface area contributed by atoms with E-state index in [2.05, 4.69) is 0 Å². The SMILES string of the molecule is C/C=C\CC1C(=O)N(c2ccccc2)C(=O)C1C. The van der Waals surface area contributed by atoms with Crippen LogP contribution in [-0.4, -0.2) is 11.8 Å². The minimum absolute atomic E-state index is 0.0863. The molecule has 2 amide bonds. The van der Waals surface area contributed by atoms with Crippen LogP contribution in [0.2, 0.25) is 0 Å². The number of imide groups is 1. The highest BCUT2D eigenvalue weighted by Gasteiger charge is 2.44. The minimum Gasteiger partial charge on any atom is -0.274 e. The fraction of sp³-hybridized carbons (Fsp3) is 0.333. The van der Waals surface area contributed by atoms with E-state index in [4.69, 9.17) is 0 Å². The van der Waals surface area contributed by atoms with Gasteiger partial charge in [0.05, 0.1) is 11.6 Å². The Morgan fingerprint density at radius 3 is 2.44 bits per heavy atom. The summed E-state index contributed by atoms with van der Waals surface area (Å²) in [7, 11) is 0. The molecule has 18 heavy (non-hydrogen) atoms. The molecule has 1 heterocycles. The predicted molar refractivity (Wildman–Crippen MR) is 71.0 cm³/mol. The fourth-order valence-corrected chi connectivity index (χ4v) is 2.28. The van der Waals surface area contributed by atoms with Gasteiger partial charge in [-0.15, -0.1) is 0 Å². The lowest BCUT2D eigenvalue weighted by molar-refractivity contribution is -0.122. The molecule has 94 valence electrons. The molecule has 1 aliphatic rings. The molecule has 1 aliphatic heterocycles. The third-order valence-corrected chi connectivity index (χ3v) is 3.39. The lowest BCUT2D eigenvalue weighted by Crippen LogP contribution is -2.30. The molecule has 0 spiro atoms. The van der Waals surface area contributed by atoms with Crippen molar-refractivity contribution in [1.29, 1.82) is 0 Å². The predicted octanol–water partition coefficient (Wildman–Crippen LogP) is 2.78. The maximum atomic E-state index is 12.3. The highest BCUT2D eigenvalue weighted by Crippen LogP contribution is 2.32. The number of anilines is 1. The third kappa shape index (κ3) is 2.08. The van der Waals surface area contributed by atoms with Crippen LogP contribution in [0.5, 0.6) is 0 Å². The number of hydrogen-bond donors (Lipinski definition) is 0. The first-order valence-corrected chi connectivity index (χ1v) is 6.20. The zero-order valence-electron chi connectivity index (χ0n) is 10.7. The van der Waals surface area contributed by atoms with E-state index in [1.54, 1.807) is 12.1 Å². The first kappa shape index (κ1) is 12.6. The third-order valence-electron chi connectivity index (χ3n) is 3.39. The Kier molecular flexibility index (Phi) is 3.60. The van der Waals surface area contributed by atoms with Gasteiger partial charge in [-0.05, 0) is 25.5 Å². The number of rotatable bonds is 3. The number of benzene rings is 1. The van der Waals surface area contributed by atoms with Crippen LogP contribution in [0.15, 0.2) is 42.5 Å². The lowest BCUT2D eigenvalue weighted by Gasteiger charge is -2.14. The van der Waals surface area contributed by atoms with Crippen LogP contribution in [0.3, 0.4) is 0 Å². The Hall–Kier alpha value is -1.90. The van der Waals surface area contributed by atoms with Gasteiger partial charge in [-0.3, -0.25) is 14.5 Å². The van der Waals surface area contributed by atoms with Gasteiger partial charge in [-0.2, -0.15) is 0 Å². The number of carbonyl (C=O) groups is 2. The first-order chi connectivity index (χ1) is 8.66. The summed E-state index contributed by atoms with van der Waals surface area (Å²) in [6.45, 7) is 3.75. The van der Waals surface area contributed by atoms with Crippen molar-refractivity contribution in [3.63, 3.8) is 0 Å². The molecule has 3 nitrogen and oxygen atoms in total.